The van der Waals surface area contributed by atoms with Crippen molar-refractivity contribution in [3.8, 4) is 0 Å². The van der Waals surface area contributed by atoms with Crippen LogP contribution >= 0.6 is 0 Å². The molecule has 3 heteroatoms. The van der Waals surface area contributed by atoms with E-state index < -0.39 is 0 Å². The molecule has 1 aliphatic heterocycles. The van der Waals surface area contributed by atoms with E-state index in [9.17, 15) is 0 Å². The molecule has 0 aromatic heterocycles. The van der Waals surface area contributed by atoms with Gasteiger partial charge in [-0.15, -0.1) is 0 Å². The van der Waals surface area contributed by atoms with Crippen molar-refractivity contribution in [1.82, 2.24) is 16.0 Å². The smallest absolute Gasteiger partial charge is 0.00772 e. The largest absolute Gasteiger partial charge is 0.314 e. The number of hydrogen-bond donors (Lipinski definition) is 3. The van der Waals surface area contributed by atoms with Crippen LogP contribution < -0.4 is 16.0 Å². The molecule has 1 rings (SSSR count). The molecule has 0 unspecified atom stereocenters. The van der Waals surface area contributed by atoms with Crippen molar-refractivity contribution in [2.45, 2.75) is 27.2 Å². The van der Waals surface area contributed by atoms with Gasteiger partial charge in [0.25, 0.3) is 0 Å². The average Bonchev–Trinajstić information content (AvgIpc) is 2.33. The van der Waals surface area contributed by atoms with Crippen LogP contribution in [-0.2, 0) is 0 Å². The third-order valence-corrected chi connectivity index (χ3v) is 2.25. The Morgan fingerprint density at radius 1 is 0.786 bits per heavy atom. The van der Waals surface area contributed by atoms with E-state index >= 15 is 0 Å². The van der Waals surface area contributed by atoms with E-state index in [2.05, 4.69) is 36.7 Å². The molecule has 1 aliphatic rings. The molecule has 0 aromatic rings. The summed E-state index contributed by atoms with van der Waals surface area (Å²) in [6.07, 6.45) is 1.31. The Morgan fingerprint density at radius 2 is 1.00 bits per heavy atom. The topological polar surface area (TPSA) is 36.1 Å². The molecular formula is C11H27N3. The van der Waals surface area contributed by atoms with Gasteiger partial charge < -0.3 is 16.0 Å². The minimum Gasteiger partial charge on any atom is -0.314 e. The van der Waals surface area contributed by atoms with Crippen LogP contribution in [0.4, 0.5) is 0 Å². The van der Waals surface area contributed by atoms with Crippen LogP contribution in [0.1, 0.15) is 27.2 Å². The fourth-order valence-corrected chi connectivity index (χ4v) is 0.905. The Labute approximate surface area is 89.0 Å². The molecule has 0 atom stereocenters. The van der Waals surface area contributed by atoms with Crippen LogP contribution in [0.3, 0.4) is 0 Å². The quantitative estimate of drug-likeness (QED) is 0.588. The molecular weight excluding hydrogens is 174 g/mol. The van der Waals surface area contributed by atoms with Gasteiger partial charge in [0.2, 0.25) is 0 Å². The maximum Gasteiger partial charge on any atom is 0.00772 e. The van der Waals surface area contributed by atoms with E-state index in [-0.39, 0.29) is 0 Å². The lowest BCUT2D eigenvalue weighted by molar-refractivity contribution is 0.626. The molecule has 0 spiro atoms. The summed E-state index contributed by atoms with van der Waals surface area (Å²) in [4.78, 5) is 0. The van der Waals surface area contributed by atoms with Crippen molar-refractivity contribution < 1.29 is 0 Å². The summed E-state index contributed by atoms with van der Waals surface area (Å²) in [7, 11) is 0. The molecule has 0 aromatic carbocycles. The molecule has 0 bridgehead atoms. The molecule has 0 aliphatic carbocycles. The second-order valence-electron chi connectivity index (χ2n) is 4.05. The highest BCUT2D eigenvalue weighted by molar-refractivity contribution is 4.59. The first-order chi connectivity index (χ1) is 6.77. The molecule has 0 amide bonds. The highest BCUT2D eigenvalue weighted by atomic mass is 15.0. The minimum atomic E-state index is 0.884. The fourth-order valence-electron chi connectivity index (χ4n) is 0.905. The average molecular weight is 201 g/mol. The molecule has 86 valence electrons. The predicted molar refractivity (Wildman–Crippen MR) is 63.7 cm³/mol. The van der Waals surface area contributed by atoms with Crippen molar-refractivity contribution in [3.63, 3.8) is 0 Å². The summed E-state index contributed by atoms with van der Waals surface area (Å²) in [6, 6.07) is 0. The van der Waals surface area contributed by atoms with E-state index in [1.54, 1.807) is 0 Å². The summed E-state index contributed by atoms with van der Waals surface area (Å²) >= 11 is 0. The van der Waals surface area contributed by atoms with Crippen molar-refractivity contribution in [1.29, 1.82) is 0 Å². The van der Waals surface area contributed by atoms with E-state index in [4.69, 9.17) is 0 Å². The molecule has 0 radical (unpaired) electrons. The number of hydrogen-bond acceptors (Lipinski definition) is 3. The normalized spacial score (nSPS) is 18.9. The highest BCUT2D eigenvalue weighted by Crippen LogP contribution is 1.93. The highest BCUT2D eigenvalue weighted by Gasteiger charge is 1.91. The zero-order chi connectivity index (χ0) is 10.6. The van der Waals surface area contributed by atoms with E-state index in [1.165, 1.54) is 6.42 Å². The Hall–Kier alpha value is -0.120. The van der Waals surface area contributed by atoms with Gasteiger partial charge in [0.05, 0.1) is 0 Å². The van der Waals surface area contributed by atoms with Crippen LogP contribution in [0.2, 0.25) is 0 Å². The zero-order valence-corrected chi connectivity index (χ0v) is 10.0. The Kier molecular flexibility index (Phi) is 10.9. The van der Waals surface area contributed by atoms with Crippen LogP contribution in [0.5, 0.6) is 0 Å². The second kappa shape index (κ2) is 11.0. The molecule has 0 saturated carbocycles. The van der Waals surface area contributed by atoms with E-state index in [1.807, 2.05) is 0 Å². The van der Waals surface area contributed by atoms with Crippen LogP contribution in [0.25, 0.3) is 0 Å². The molecule has 1 fully saturated rings. The summed E-state index contributed by atoms with van der Waals surface area (Å²) in [5, 5.41) is 9.91. The lowest BCUT2D eigenvalue weighted by atomic mass is 10.2. The van der Waals surface area contributed by atoms with Crippen LogP contribution in [-0.4, -0.2) is 39.3 Å². The van der Waals surface area contributed by atoms with Gasteiger partial charge in [-0.3, -0.25) is 0 Å². The Balaban J connectivity index is 0.000000292. The monoisotopic (exact) mass is 201 g/mol. The lowest BCUT2D eigenvalue weighted by Gasteiger charge is -1.99. The van der Waals surface area contributed by atoms with Crippen molar-refractivity contribution in [2.24, 2.45) is 5.92 Å². The molecule has 1 saturated heterocycles. The Bertz CT molecular complexity index is 76.2. The van der Waals surface area contributed by atoms with Gasteiger partial charge in [0.15, 0.2) is 0 Å². The first-order valence-electron chi connectivity index (χ1n) is 5.89. The summed E-state index contributed by atoms with van der Waals surface area (Å²) in [6.45, 7) is 13.2. The van der Waals surface area contributed by atoms with Gasteiger partial charge in [-0.1, -0.05) is 27.2 Å². The summed E-state index contributed by atoms with van der Waals surface area (Å²) in [5.41, 5.74) is 0. The van der Waals surface area contributed by atoms with Gasteiger partial charge in [0.1, 0.15) is 0 Å². The van der Waals surface area contributed by atoms with Gasteiger partial charge in [-0.25, -0.2) is 0 Å². The van der Waals surface area contributed by atoms with Crippen molar-refractivity contribution in [2.75, 3.05) is 39.3 Å². The molecule has 14 heavy (non-hydrogen) atoms. The van der Waals surface area contributed by atoms with Gasteiger partial charge in [-0.2, -0.15) is 0 Å². The van der Waals surface area contributed by atoms with Crippen LogP contribution in [0, 0.1) is 5.92 Å². The zero-order valence-electron chi connectivity index (χ0n) is 10.0. The SMILES string of the molecule is C1CNCCNCCN1.CCC(C)C. The van der Waals surface area contributed by atoms with E-state index in [0.29, 0.717) is 0 Å². The molecule has 3 N–H and O–H groups in total. The second-order valence-corrected chi connectivity index (χ2v) is 4.05. The third-order valence-electron chi connectivity index (χ3n) is 2.25. The predicted octanol–water partition coefficient (Wildman–Crippen LogP) is 0.821. The van der Waals surface area contributed by atoms with E-state index in [0.717, 1.165) is 45.2 Å². The van der Waals surface area contributed by atoms with Crippen LogP contribution in [0.15, 0.2) is 0 Å². The molecule has 3 nitrogen and oxygen atoms in total. The standard InChI is InChI=1S/C6H15N3.C5H12/c1-2-8-5-6-9-4-3-7-1;1-4-5(2)3/h7-9H,1-6H2;5H,4H2,1-3H3. The van der Waals surface area contributed by atoms with Gasteiger partial charge >= 0.3 is 0 Å². The van der Waals surface area contributed by atoms with Gasteiger partial charge in [0, 0.05) is 39.3 Å². The lowest BCUT2D eigenvalue weighted by Crippen LogP contribution is -2.27. The first-order valence-corrected chi connectivity index (χ1v) is 5.89. The molecule has 1 heterocycles. The van der Waals surface area contributed by atoms with Crippen molar-refractivity contribution in [3.05, 3.63) is 0 Å². The summed E-state index contributed by atoms with van der Waals surface area (Å²) in [5.74, 6) is 0.884. The van der Waals surface area contributed by atoms with Crippen molar-refractivity contribution >= 4 is 0 Å². The van der Waals surface area contributed by atoms with Gasteiger partial charge in [-0.05, 0) is 5.92 Å². The maximum atomic E-state index is 3.30. The first kappa shape index (κ1) is 13.9. The maximum absolute atomic E-state index is 3.30. The summed E-state index contributed by atoms with van der Waals surface area (Å²) < 4.78 is 0. The third kappa shape index (κ3) is 11.9. The number of rotatable bonds is 1. The fraction of sp³-hybridized carbons (Fsp3) is 1.00. The Morgan fingerprint density at radius 3 is 1.14 bits per heavy atom. The minimum absolute atomic E-state index is 0.884. The number of nitrogens with one attached hydrogen (secondary N) is 3.